The quantitative estimate of drug-likeness (QED) is 0.535. The van der Waals surface area contributed by atoms with E-state index < -0.39 is 5.56 Å². The number of ether oxygens (including phenoxy) is 1. The van der Waals surface area contributed by atoms with E-state index in [1.54, 1.807) is 56.5 Å². The van der Waals surface area contributed by atoms with E-state index in [0.29, 0.717) is 22.7 Å². The number of azo groups is 1. The van der Waals surface area contributed by atoms with Crippen molar-refractivity contribution in [3.63, 3.8) is 0 Å². The molecule has 0 aliphatic rings. The Labute approximate surface area is 155 Å². The molecule has 0 spiro atoms. The van der Waals surface area contributed by atoms with Crippen molar-refractivity contribution in [2.45, 2.75) is 6.92 Å². The Morgan fingerprint density at radius 1 is 1.19 bits per heavy atom. The molecule has 1 aromatic carbocycles. The van der Waals surface area contributed by atoms with Crippen LogP contribution in [0.25, 0.3) is 5.82 Å². The van der Waals surface area contributed by atoms with E-state index >= 15 is 0 Å². The van der Waals surface area contributed by atoms with E-state index in [1.807, 2.05) is 0 Å². The van der Waals surface area contributed by atoms with Crippen LogP contribution in [0, 0.1) is 14.0 Å². The highest BCUT2D eigenvalue weighted by atomic mass is 16.5. The van der Waals surface area contributed by atoms with Crippen molar-refractivity contribution in [3.05, 3.63) is 71.6 Å². The van der Waals surface area contributed by atoms with Crippen molar-refractivity contribution in [1.82, 2.24) is 9.55 Å². The van der Waals surface area contributed by atoms with Crippen molar-refractivity contribution < 1.29 is 15.2 Å². The molecule has 0 aliphatic carbocycles. The highest BCUT2D eigenvalue weighted by Crippen LogP contribution is 2.30. The maximum atomic E-state index is 13.0. The number of pyridine rings is 2. The van der Waals surface area contributed by atoms with Gasteiger partial charge in [0, 0.05) is 11.8 Å². The number of aromatic nitrogens is 2. The molecule has 0 saturated carbocycles. The van der Waals surface area contributed by atoms with Crippen LogP contribution in [0.2, 0.25) is 0 Å². The Kier molecular flexibility index (Phi) is 5.28. The molecular weight excluding hydrogens is 346 g/mol. The topological polar surface area (TPSA) is 106 Å². The average molecular weight is 365 g/mol. The standard InChI is InChI=1S/C19H19N5O3/c1-12-16(20-2)18(25)24(15-6-4-5-11-21-15)19(26)17(12)23-22-13-7-9-14(27-3)10-8-13/h4-11,25H,2,20H2,1,3H3. The molecule has 3 aromatic rings. The number of quaternary nitrogens is 1. The van der Waals surface area contributed by atoms with Crippen LogP contribution >= 0.6 is 0 Å². The van der Waals surface area contributed by atoms with Gasteiger partial charge >= 0.3 is 0 Å². The molecule has 0 atom stereocenters. The van der Waals surface area contributed by atoms with Crippen molar-refractivity contribution in [2.24, 2.45) is 10.2 Å². The zero-order valence-electron chi connectivity index (χ0n) is 15.0. The first kappa shape index (κ1) is 18.3. The second-order valence-corrected chi connectivity index (χ2v) is 5.64. The molecule has 0 amide bonds. The number of benzene rings is 1. The maximum Gasteiger partial charge on any atom is 0.287 e. The van der Waals surface area contributed by atoms with Crippen LogP contribution in [0.4, 0.5) is 17.1 Å². The van der Waals surface area contributed by atoms with E-state index in [0.717, 1.165) is 4.57 Å². The second-order valence-electron chi connectivity index (χ2n) is 5.64. The van der Waals surface area contributed by atoms with Crippen LogP contribution in [0.5, 0.6) is 11.6 Å². The summed E-state index contributed by atoms with van der Waals surface area (Å²) < 4.78 is 6.20. The van der Waals surface area contributed by atoms with Crippen LogP contribution in [-0.4, -0.2) is 21.8 Å². The molecule has 138 valence electrons. The highest BCUT2D eigenvalue weighted by molar-refractivity contribution is 5.61. The van der Waals surface area contributed by atoms with Crippen LogP contribution in [-0.2, 0) is 0 Å². The largest absolute Gasteiger partial charge is 0.497 e. The number of rotatable bonds is 5. The predicted octanol–water partition coefficient (Wildman–Crippen LogP) is 2.66. The lowest BCUT2D eigenvalue weighted by atomic mass is 10.2. The Morgan fingerprint density at radius 2 is 1.93 bits per heavy atom. The van der Waals surface area contributed by atoms with Crippen molar-refractivity contribution in [1.29, 1.82) is 0 Å². The zero-order chi connectivity index (χ0) is 19.4. The number of methoxy groups -OCH3 is 1. The summed E-state index contributed by atoms with van der Waals surface area (Å²) in [6.45, 7) is 1.68. The van der Waals surface area contributed by atoms with Gasteiger partial charge in [-0.2, -0.15) is 5.11 Å². The SMILES string of the molecule is [CH2-][NH2+]c1c(C)c(N=Nc2ccc(OC)cc2)c(=O)n(-c2ccccn2)c1O. The number of hydrogen-bond acceptors (Lipinski definition) is 6. The van der Waals surface area contributed by atoms with Crippen LogP contribution in [0.1, 0.15) is 5.56 Å². The van der Waals surface area contributed by atoms with Crippen molar-refractivity contribution >= 4 is 17.1 Å². The molecular formula is C19H19N5O3. The lowest BCUT2D eigenvalue weighted by Gasteiger charge is -2.14. The third-order valence-corrected chi connectivity index (χ3v) is 4.04. The van der Waals surface area contributed by atoms with Gasteiger partial charge in [-0.05, 0) is 43.3 Å². The summed E-state index contributed by atoms with van der Waals surface area (Å²) in [4.78, 5) is 17.1. The number of nitrogens with zero attached hydrogens (tertiary/aromatic N) is 4. The molecule has 0 aliphatic heterocycles. The van der Waals surface area contributed by atoms with Gasteiger partial charge in [-0.3, -0.25) is 4.79 Å². The maximum absolute atomic E-state index is 13.0. The summed E-state index contributed by atoms with van der Waals surface area (Å²) in [6.07, 6.45) is 1.53. The van der Waals surface area contributed by atoms with E-state index in [4.69, 9.17) is 4.74 Å². The monoisotopic (exact) mass is 365 g/mol. The summed E-state index contributed by atoms with van der Waals surface area (Å²) in [6, 6.07) is 12.0. The lowest BCUT2D eigenvalue weighted by Crippen LogP contribution is -2.70. The van der Waals surface area contributed by atoms with Crippen LogP contribution in [0.3, 0.4) is 0 Å². The van der Waals surface area contributed by atoms with Crippen molar-refractivity contribution in [2.75, 3.05) is 7.11 Å². The zero-order valence-corrected chi connectivity index (χ0v) is 15.0. The summed E-state index contributed by atoms with van der Waals surface area (Å²) in [5, 5.41) is 20.3. The van der Waals surface area contributed by atoms with Crippen molar-refractivity contribution in [3.8, 4) is 17.4 Å². The third kappa shape index (κ3) is 3.56. The minimum atomic E-state index is -0.522. The molecule has 0 bridgehead atoms. The third-order valence-electron chi connectivity index (χ3n) is 4.04. The minimum Gasteiger partial charge on any atom is -0.497 e. The fraction of sp³-hybridized carbons (Fsp3) is 0.105. The van der Waals surface area contributed by atoms with Gasteiger partial charge in [0.1, 0.15) is 11.6 Å². The molecule has 2 aromatic heterocycles. The number of aromatic hydroxyl groups is 1. The van der Waals surface area contributed by atoms with Gasteiger partial charge in [-0.25, -0.2) is 9.55 Å². The number of hydrogen-bond donors (Lipinski definition) is 2. The molecule has 0 fully saturated rings. The van der Waals surface area contributed by atoms with E-state index in [1.165, 1.54) is 11.5 Å². The first-order chi connectivity index (χ1) is 13.1. The first-order valence-corrected chi connectivity index (χ1v) is 8.15. The normalized spacial score (nSPS) is 11.1. The Bertz CT molecular complexity index is 1030. The predicted molar refractivity (Wildman–Crippen MR) is 100 cm³/mol. The molecule has 8 heteroatoms. The smallest absolute Gasteiger partial charge is 0.287 e. The molecule has 8 nitrogen and oxygen atoms in total. The van der Waals surface area contributed by atoms with Gasteiger partial charge in [0.2, 0.25) is 0 Å². The Balaban J connectivity index is 2.14. The Morgan fingerprint density at radius 3 is 2.52 bits per heavy atom. The fourth-order valence-corrected chi connectivity index (χ4v) is 2.60. The molecule has 0 unspecified atom stereocenters. The number of nitrogens with two attached hydrogens (primary N) is 1. The highest BCUT2D eigenvalue weighted by Gasteiger charge is 2.21. The average Bonchev–Trinajstić information content (AvgIpc) is 2.69. The minimum absolute atomic E-state index is 0.101. The molecule has 2 heterocycles. The van der Waals surface area contributed by atoms with Gasteiger partial charge in [0.15, 0.2) is 11.4 Å². The first-order valence-electron chi connectivity index (χ1n) is 8.15. The van der Waals surface area contributed by atoms with E-state index in [2.05, 4.69) is 22.3 Å². The van der Waals surface area contributed by atoms with E-state index in [-0.39, 0.29) is 17.4 Å². The molecule has 0 saturated heterocycles. The molecule has 27 heavy (non-hydrogen) atoms. The molecule has 3 N–H and O–H groups in total. The summed E-state index contributed by atoms with van der Waals surface area (Å²) in [5.41, 5.74) is 1.02. The summed E-state index contributed by atoms with van der Waals surface area (Å²) >= 11 is 0. The summed E-state index contributed by atoms with van der Waals surface area (Å²) in [7, 11) is 5.29. The fourth-order valence-electron chi connectivity index (χ4n) is 2.60. The van der Waals surface area contributed by atoms with Crippen LogP contribution < -0.4 is 15.6 Å². The Hall–Kier alpha value is -3.52. The van der Waals surface area contributed by atoms with Gasteiger partial charge < -0.3 is 15.2 Å². The molecule has 3 rings (SSSR count). The van der Waals surface area contributed by atoms with Crippen LogP contribution in [0.15, 0.2) is 63.7 Å². The van der Waals surface area contributed by atoms with Gasteiger partial charge in [0.05, 0.1) is 12.8 Å². The van der Waals surface area contributed by atoms with Gasteiger partial charge in [-0.15, -0.1) is 12.2 Å². The lowest BCUT2D eigenvalue weighted by molar-refractivity contribution is -0.506. The molecule has 0 radical (unpaired) electrons. The second kappa shape index (κ2) is 7.79. The van der Waals surface area contributed by atoms with E-state index in [9.17, 15) is 9.90 Å². The summed E-state index contributed by atoms with van der Waals surface area (Å²) in [5.74, 6) is 0.736. The van der Waals surface area contributed by atoms with Gasteiger partial charge in [-0.1, -0.05) is 6.07 Å². The van der Waals surface area contributed by atoms with Gasteiger partial charge in [0.25, 0.3) is 11.4 Å².